The summed E-state index contributed by atoms with van der Waals surface area (Å²) < 4.78 is 0. The molecule has 3 N–H and O–H groups in total. The van der Waals surface area contributed by atoms with Crippen LogP contribution in [0.1, 0.15) is 104 Å². The van der Waals surface area contributed by atoms with Crippen molar-refractivity contribution in [3.05, 3.63) is 82.7 Å². The van der Waals surface area contributed by atoms with Crippen LogP contribution in [-0.4, -0.2) is 32.7 Å². The fraction of sp³-hybridized carbons (Fsp3) is 0.500. The molecule has 1 saturated carbocycles. The van der Waals surface area contributed by atoms with Crippen molar-refractivity contribution in [1.29, 1.82) is 0 Å². The first-order valence-corrected chi connectivity index (χ1v) is 15.5. The molecule has 238 valence electrons. The molecule has 0 amide bonds. The van der Waals surface area contributed by atoms with E-state index in [4.69, 9.17) is 0 Å². The van der Waals surface area contributed by atoms with E-state index in [9.17, 15) is 24.9 Å². The molecule has 6 heteroatoms. The van der Waals surface area contributed by atoms with Crippen molar-refractivity contribution in [2.24, 2.45) is 28.1 Å². The van der Waals surface area contributed by atoms with E-state index in [0.29, 0.717) is 6.42 Å². The summed E-state index contributed by atoms with van der Waals surface area (Å²) in [7, 11) is 0. The van der Waals surface area contributed by atoms with E-state index < -0.39 is 45.1 Å². The van der Waals surface area contributed by atoms with Crippen LogP contribution in [0, 0.1) is 28.1 Å². The molecule has 2 bridgehead atoms. The number of aliphatic hydroxyl groups excluding tert-OH is 1. The summed E-state index contributed by atoms with van der Waals surface area (Å²) in [6.07, 6.45) is 6.38. The first-order valence-electron chi connectivity index (χ1n) is 15.5. The normalized spacial score (nSPS) is 24.9. The number of fused-ring (bicyclic) bond motifs is 2. The summed E-state index contributed by atoms with van der Waals surface area (Å²) in [5, 5.41) is 32.4. The summed E-state index contributed by atoms with van der Waals surface area (Å²) in [6.45, 7) is 23.5. The lowest BCUT2D eigenvalue weighted by Crippen LogP contribution is -2.69. The standard InChI is InChI=1S/C38H50O6/c1-22(2)11-13-26(25(7)8)19-28-21-37(18-17-24(5)6)33(42)29(15-12-23(3)4)34(43)38(35(37)44,36(28,9)10)32(41)27-14-16-30(39)31(40)20-27/h12,14,16-17,20,26,28,39-40,42H,1,7,11,13,15,18-19,21H2,2-6,8-10H3/t26-,28-,37+,38-/m0/s1. The van der Waals surface area contributed by atoms with E-state index in [1.54, 1.807) is 0 Å². The number of allylic oxidation sites excluding steroid dienone is 8. The Kier molecular flexibility index (Phi) is 10.1. The Morgan fingerprint density at radius 1 is 0.977 bits per heavy atom. The predicted molar refractivity (Wildman–Crippen MR) is 176 cm³/mol. The van der Waals surface area contributed by atoms with Crippen LogP contribution in [0.5, 0.6) is 11.5 Å². The van der Waals surface area contributed by atoms with E-state index in [0.717, 1.165) is 41.2 Å². The molecule has 0 saturated heterocycles. The van der Waals surface area contributed by atoms with Crippen molar-refractivity contribution in [3.8, 4) is 11.5 Å². The molecule has 4 atom stereocenters. The Hall–Kier alpha value is -3.67. The van der Waals surface area contributed by atoms with Gasteiger partial charge in [-0.05, 0) is 116 Å². The van der Waals surface area contributed by atoms with Gasteiger partial charge in [-0.15, -0.1) is 6.58 Å². The lowest BCUT2D eigenvalue weighted by Gasteiger charge is -2.60. The fourth-order valence-electron chi connectivity index (χ4n) is 7.18. The molecule has 2 aliphatic rings. The van der Waals surface area contributed by atoms with Gasteiger partial charge in [0.15, 0.2) is 34.3 Å². The summed E-state index contributed by atoms with van der Waals surface area (Å²) in [4.78, 5) is 44.9. The highest BCUT2D eigenvalue weighted by atomic mass is 16.3. The van der Waals surface area contributed by atoms with Crippen molar-refractivity contribution >= 4 is 17.3 Å². The van der Waals surface area contributed by atoms with E-state index in [-0.39, 0.29) is 48.0 Å². The van der Waals surface area contributed by atoms with Crippen LogP contribution in [0.3, 0.4) is 0 Å². The number of phenols is 2. The highest BCUT2D eigenvalue weighted by molar-refractivity contribution is 6.36. The number of carbonyl (C=O) groups is 3. The van der Waals surface area contributed by atoms with Crippen LogP contribution < -0.4 is 0 Å². The van der Waals surface area contributed by atoms with Gasteiger partial charge in [0.1, 0.15) is 5.76 Å². The smallest absolute Gasteiger partial charge is 0.184 e. The van der Waals surface area contributed by atoms with Crippen LogP contribution in [0.4, 0.5) is 0 Å². The SMILES string of the molecule is C=C(C)CC[C@@H](C[C@H]1C[C@@]2(CC=C(C)C)C(=O)[C@](C(=O)c3ccc(O)c(O)c3)(C(=O)C(CC=C(C)C)=C2O)C1(C)C)C(=C)C. The number of hydrogen-bond acceptors (Lipinski definition) is 6. The summed E-state index contributed by atoms with van der Waals surface area (Å²) in [6, 6.07) is 3.64. The maximum absolute atomic E-state index is 15.1. The second-order valence-corrected chi connectivity index (χ2v) is 14.2. The quantitative estimate of drug-likeness (QED) is 0.0953. The van der Waals surface area contributed by atoms with E-state index >= 15 is 4.79 Å². The van der Waals surface area contributed by atoms with Crippen LogP contribution in [-0.2, 0) is 9.59 Å². The molecule has 0 spiro atoms. The lowest BCUT2D eigenvalue weighted by atomic mass is 9.39. The summed E-state index contributed by atoms with van der Waals surface area (Å²) in [5.74, 6) is -3.48. The van der Waals surface area contributed by atoms with Gasteiger partial charge in [0.2, 0.25) is 0 Å². The molecule has 2 aliphatic carbocycles. The van der Waals surface area contributed by atoms with Crippen molar-refractivity contribution < 1.29 is 29.7 Å². The average molecular weight is 603 g/mol. The van der Waals surface area contributed by atoms with Gasteiger partial charge in [0.25, 0.3) is 0 Å². The van der Waals surface area contributed by atoms with Gasteiger partial charge < -0.3 is 15.3 Å². The molecule has 0 aliphatic heterocycles. The first kappa shape index (κ1) is 34.8. The number of hydrogen-bond donors (Lipinski definition) is 3. The minimum absolute atomic E-state index is 0.0432. The molecule has 1 aromatic rings. The Morgan fingerprint density at radius 3 is 2.11 bits per heavy atom. The number of rotatable bonds is 12. The van der Waals surface area contributed by atoms with Gasteiger partial charge in [-0.2, -0.15) is 0 Å². The minimum Gasteiger partial charge on any atom is -0.511 e. The molecule has 3 rings (SSSR count). The van der Waals surface area contributed by atoms with Gasteiger partial charge >= 0.3 is 0 Å². The number of aromatic hydroxyl groups is 2. The first-order chi connectivity index (χ1) is 20.3. The largest absolute Gasteiger partial charge is 0.511 e. The maximum Gasteiger partial charge on any atom is 0.184 e. The number of aliphatic hydroxyl groups is 1. The molecule has 0 heterocycles. The van der Waals surface area contributed by atoms with E-state index in [2.05, 4.69) is 13.2 Å². The van der Waals surface area contributed by atoms with E-state index in [1.165, 1.54) is 12.1 Å². The lowest BCUT2D eigenvalue weighted by molar-refractivity contribution is -0.165. The van der Waals surface area contributed by atoms with Gasteiger partial charge in [-0.25, -0.2) is 0 Å². The fourth-order valence-corrected chi connectivity index (χ4v) is 7.18. The van der Waals surface area contributed by atoms with Crippen molar-refractivity contribution in [3.63, 3.8) is 0 Å². The molecule has 44 heavy (non-hydrogen) atoms. The number of benzene rings is 1. The molecular weight excluding hydrogens is 552 g/mol. The van der Waals surface area contributed by atoms with Gasteiger partial charge in [-0.3, -0.25) is 14.4 Å². The molecule has 1 fully saturated rings. The monoisotopic (exact) mass is 602 g/mol. The van der Waals surface area contributed by atoms with Gasteiger partial charge in [0.05, 0.1) is 5.41 Å². The number of phenolic OH excluding ortho intramolecular Hbond substituents is 2. The average Bonchev–Trinajstić information content (AvgIpc) is 2.92. The molecule has 0 radical (unpaired) electrons. The highest BCUT2D eigenvalue weighted by Crippen LogP contribution is 2.66. The van der Waals surface area contributed by atoms with Crippen LogP contribution in [0.25, 0.3) is 0 Å². The molecule has 1 aromatic carbocycles. The van der Waals surface area contributed by atoms with Gasteiger partial charge in [-0.1, -0.05) is 54.9 Å². The second-order valence-electron chi connectivity index (χ2n) is 14.2. The summed E-state index contributed by atoms with van der Waals surface area (Å²) in [5.41, 5.74) is -0.895. The van der Waals surface area contributed by atoms with Crippen LogP contribution in [0.15, 0.2) is 77.1 Å². The van der Waals surface area contributed by atoms with Gasteiger partial charge in [0, 0.05) is 11.1 Å². The predicted octanol–water partition coefficient (Wildman–Crippen LogP) is 8.91. The zero-order valence-corrected chi connectivity index (χ0v) is 27.8. The van der Waals surface area contributed by atoms with Crippen molar-refractivity contribution in [2.75, 3.05) is 0 Å². The third-order valence-corrected chi connectivity index (χ3v) is 10.0. The Labute approximate surface area is 263 Å². The molecule has 0 unspecified atom stereocenters. The zero-order valence-electron chi connectivity index (χ0n) is 27.8. The number of carbonyl (C=O) groups excluding carboxylic acids is 3. The topological polar surface area (TPSA) is 112 Å². The Balaban J connectivity index is 2.43. The number of Topliss-reactive ketones (excluding diaryl/α,β-unsaturated/α-hetero) is 3. The van der Waals surface area contributed by atoms with Crippen molar-refractivity contribution in [2.45, 2.75) is 93.9 Å². The van der Waals surface area contributed by atoms with Crippen LogP contribution in [0.2, 0.25) is 0 Å². The van der Waals surface area contributed by atoms with Crippen LogP contribution >= 0.6 is 0 Å². The molecule has 0 aromatic heterocycles. The minimum atomic E-state index is -2.17. The highest BCUT2D eigenvalue weighted by Gasteiger charge is 2.75. The molecular formula is C38H50O6. The van der Waals surface area contributed by atoms with E-state index in [1.807, 2.05) is 67.5 Å². The Bertz CT molecular complexity index is 1480. The maximum atomic E-state index is 15.1. The third-order valence-electron chi connectivity index (χ3n) is 10.0. The molecule has 6 nitrogen and oxygen atoms in total. The zero-order chi connectivity index (χ0) is 33.4. The Morgan fingerprint density at radius 2 is 1.59 bits per heavy atom. The second kappa shape index (κ2) is 12.7. The third kappa shape index (κ3) is 5.88. The van der Waals surface area contributed by atoms with Crippen molar-refractivity contribution in [1.82, 2.24) is 0 Å². The summed E-state index contributed by atoms with van der Waals surface area (Å²) >= 11 is 0. The number of ketones is 3.